The number of nitrogens with zero attached hydrogens (tertiary/aromatic N) is 4. The molecule has 104 valence electrons. The average molecular weight is 263 g/mol. The maximum atomic E-state index is 8.71. The smallest absolute Gasteiger partial charge is 0.226 e. The van der Waals surface area contributed by atoms with Gasteiger partial charge in [-0.15, -0.1) is 0 Å². The van der Waals surface area contributed by atoms with Crippen molar-refractivity contribution in [1.82, 2.24) is 9.97 Å². The molecule has 0 amide bonds. The van der Waals surface area contributed by atoms with Gasteiger partial charge in [0.15, 0.2) is 5.84 Å². The van der Waals surface area contributed by atoms with Gasteiger partial charge < -0.3 is 15.8 Å². The van der Waals surface area contributed by atoms with E-state index in [9.17, 15) is 0 Å². The molecule has 0 saturated heterocycles. The van der Waals surface area contributed by atoms with Crippen LogP contribution in [-0.4, -0.2) is 33.6 Å². The highest BCUT2D eigenvalue weighted by atomic mass is 16.4. The van der Waals surface area contributed by atoms with Crippen LogP contribution >= 0.6 is 0 Å². The topological polar surface area (TPSA) is 87.6 Å². The summed E-state index contributed by atoms with van der Waals surface area (Å²) >= 11 is 0. The standard InChI is InChI=1S/C13H21N5O/c1-2-18(10-6-4-3-5-7-10)13-15-9-8-11(16-13)12(14)17-19/h8-10,19H,2-7H2,1H3,(H2,14,17). The van der Waals surface area contributed by atoms with Crippen molar-refractivity contribution in [2.75, 3.05) is 11.4 Å². The van der Waals surface area contributed by atoms with Crippen molar-refractivity contribution in [3.63, 3.8) is 0 Å². The van der Waals surface area contributed by atoms with Crippen LogP contribution in [0.15, 0.2) is 17.4 Å². The Balaban J connectivity index is 2.22. The van der Waals surface area contributed by atoms with Crippen LogP contribution in [0.4, 0.5) is 5.95 Å². The van der Waals surface area contributed by atoms with Crippen molar-refractivity contribution in [1.29, 1.82) is 0 Å². The molecule has 0 bridgehead atoms. The van der Waals surface area contributed by atoms with Gasteiger partial charge in [0.2, 0.25) is 5.95 Å². The van der Waals surface area contributed by atoms with Crippen LogP contribution in [0.2, 0.25) is 0 Å². The number of nitrogens with two attached hydrogens (primary N) is 1. The first-order valence-corrected chi connectivity index (χ1v) is 6.83. The third-order valence-electron chi connectivity index (χ3n) is 3.63. The lowest BCUT2D eigenvalue weighted by molar-refractivity contribution is 0.318. The normalized spacial score (nSPS) is 17.4. The van der Waals surface area contributed by atoms with E-state index in [-0.39, 0.29) is 5.84 Å². The summed E-state index contributed by atoms with van der Waals surface area (Å²) < 4.78 is 0. The van der Waals surface area contributed by atoms with Crippen LogP contribution < -0.4 is 10.6 Å². The van der Waals surface area contributed by atoms with Crippen LogP contribution in [-0.2, 0) is 0 Å². The SMILES string of the molecule is CCN(c1nccc(/C(N)=N/O)n1)C1CCCCC1. The number of hydrogen-bond donors (Lipinski definition) is 2. The molecule has 6 nitrogen and oxygen atoms in total. The van der Waals surface area contributed by atoms with Crippen LogP contribution in [0.3, 0.4) is 0 Å². The Morgan fingerprint density at radius 1 is 1.47 bits per heavy atom. The predicted octanol–water partition coefficient (Wildman–Crippen LogP) is 1.73. The van der Waals surface area contributed by atoms with Gasteiger partial charge in [-0.25, -0.2) is 9.97 Å². The summed E-state index contributed by atoms with van der Waals surface area (Å²) in [6, 6.07) is 2.15. The second-order valence-corrected chi connectivity index (χ2v) is 4.80. The van der Waals surface area contributed by atoms with Gasteiger partial charge in [0.05, 0.1) is 0 Å². The molecule has 19 heavy (non-hydrogen) atoms. The Bertz CT molecular complexity index is 442. The molecule has 0 spiro atoms. The van der Waals surface area contributed by atoms with Gasteiger partial charge in [0.25, 0.3) is 0 Å². The minimum absolute atomic E-state index is 0.0170. The molecule has 6 heteroatoms. The van der Waals surface area contributed by atoms with E-state index in [1.165, 1.54) is 32.1 Å². The second kappa shape index (κ2) is 6.36. The summed E-state index contributed by atoms with van der Waals surface area (Å²) in [5.74, 6) is 0.682. The zero-order valence-corrected chi connectivity index (χ0v) is 11.3. The van der Waals surface area contributed by atoms with E-state index in [4.69, 9.17) is 10.9 Å². The fourth-order valence-electron chi connectivity index (χ4n) is 2.64. The minimum atomic E-state index is 0.0170. The third kappa shape index (κ3) is 3.13. The largest absolute Gasteiger partial charge is 0.409 e. The Kier molecular flexibility index (Phi) is 4.54. The first-order chi connectivity index (χ1) is 9.26. The Labute approximate surface area is 113 Å². The fraction of sp³-hybridized carbons (Fsp3) is 0.615. The van der Waals surface area contributed by atoms with E-state index in [0.717, 1.165) is 6.54 Å². The summed E-state index contributed by atoms with van der Waals surface area (Å²) in [7, 11) is 0. The van der Waals surface area contributed by atoms with Gasteiger partial charge in [-0.3, -0.25) is 0 Å². The lowest BCUT2D eigenvalue weighted by Gasteiger charge is -2.33. The molecule has 0 aromatic carbocycles. The predicted molar refractivity (Wildman–Crippen MR) is 74.4 cm³/mol. The van der Waals surface area contributed by atoms with E-state index in [1.54, 1.807) is 12.3 Å². The molecule has 1 aliphatic carbocycles. The molecule has 3 N–H and O–H groups in total. The molecule has 0 radical (unpaired) electrons. The summed E-state index contributed by atoms with van der Waals surface area (Å²) in [5.41, 5.74) is 6.03. The van der Waals surface area contributed by atoms with Crippen molar-refractivity contribution in [3.05, 3.63) is 18.0 Å². The highest BCUT2D eigenvalue weighted by Crippen LogP contribution is 2.25. The summed E-state index contributed by atoms with van der Waals surface area (Å²) in [6.45, 7) is 2.97. The van der Waals surface area contributed by atoms with Crippen LogP contribution in [0.5, 0.6) is 0 Å². The van der Waals surface area contributed by atoms with Gasteiger partial charge in [0.1, 0.15) is 5.69 Å². The van der Waals surface area contributed by atoms with Gasteiger partial charge in [0, 0.05) is 18.8 Å². The molecular weight excluding hydrogens is 242 g/mol. The minimum Gasteiger partial charge on any atom is -0.409 e. The number of amidine groups is 1. The van der Waals surface area contributed by atoms with Gasteiger partial charge in [-0.1, -0.05) is 24.4 Å². The molecule has 2 rings (SSSR count). The van der Waals surface area contributed by atoms with Gasteiger partial charge >= 0.3 is 0 Å². The summed E-state index contributed by atoms with van der Waals surface area (Å²) in [4.78, 5) is 10.9. The maximum Gasteiger partial charge on any atom is 0.226 e. The molecule has 1 heterocycles. The number of anilines is 1. The fourth-order valence-corrected chi connectivity index (χ4v) is 2.64. The van der Waals surface area contributed by atoms with Crippen LogP contribution in [0.1, 0.15) is 44.7 Å². The number of hydrogen-bond acceptors (Lipinski definition) is 5. The molecule has 1 saturated carbocycles. The Hall–Kier alpha value is -1.85. The van der Waals surface area contributed by atoms with E-state index in [0.29, 0.717) is 17.7 Å². The number of oxime groups is 1. The third-order valence-corrected chi connectivity index (χ3v) is 3.63. The summed E-state index contributed by atoms with van der Waals surface area (Å²) in [5, 5.41) is 11.7. The molecule has 1 aromatic rings. The first kappa shape index (κ1) is 13.6. The van der Waals surface area contributed by atoms with Crippen molar-refractivity contribution in [2.24, 2.45) is 10.9 Å². The average Bonchev–Trinajstić information content (AvgIpc) is 2.48. The number of rotatable bonds is 4. The van der Waals surface area contributed by atoms with E-state index >= 15 is 0 Å². The Morgan fingerprint density at radius 2 is 2.21 bits per heavy atom. The zero-order chi connectivity index (χ0) is 13.7. The molecule has 0 unspecified atom stereocenters. The quantitative estimate of drug-likeness (QED) is 0.374. The van der Waals surface area contributed by atoms with Crippen LogP contribution in [0.25, 0.3) is 0 Å². The first-order valence-electron chi connectivity index (χ1n) is 6.83. The summed E-state index contributed by atoms with van der Waals surface area (Å²) in [6.07, 6.45) is 7.87. The maximum absolute atomic E-state index is 8.71. The van der Waals surface area contributed by atoms with E-state index in [1.807, 2.05) is 0 Å². The van der Waals surface area contributed by atoms with Crippen molar-refractivity contribution in [3.8, 4) is 0 Å². The second-order valence-electron chi connectivity index (χ2n) is 4.80. The van der Waals surface area contributed by atoms with Crippen molar-refractivity contribution >= 4 is 11.8 Å². The zero-order valence-electron chi connectivity index (χ0n) is 11.3. The molecule has 1 aliphatic rings. The molecular formula is C13H21N5O. The van der Waals surface area contributed by atoms with Crippen molar-refractivity contribution < 1.29 is 5.21 Å². The molecule has 1 fully saturated rings. The molecule has 0 atom stereocenters. The molecule has 1 aromatic heterocycles. The highest BCUT2D eigenvalue weighted by molar-refractivity contribution is 5.95. The van der Waals surface area contributed by atoms with E-state index < -0.39 is 0 Å². The van der Waals surface area contributed by atoms with E-state index in [2.05, 4.69) is 26.9 Å². The highest BCUT2D eigenvalue weighted by Gasteiger charge is 2.22. The molecule has 0 aliphatic heterocycles. The lowest BCUT2D eigenvalue weighted by Crippen LogP contribution is -2.38. The van der Waals surface area contributed by atoms with Crippen LogP contribution in [0, 0.1) is 0 Å². The van der Waals surface area contributed by atoms with Gasteiger partial charge in [-0.05, 0) is 25.8 Å². The monoisotopic (exact) mass is 263 g/mol. The Morgan fingerprint density at radius 3 is 2.84 bits per heavy atom. The number of aromatic nitrogens is 2. The lowest BCUT2D eigenvalue weighted by atomic mass is 9.94. The van der Waals surface area contributed by atoms with Crippen molar-refractivity contribution in [2.45, 2.75) is 45.1 Å². The van der Waals surface area contributed by atoms with Gasteiger partial charge in [-0.2, -0.15) is 0 Å².